The number of esters is 1. The van der Waals surface area contributed by atoms with Gasteiger partial charge in [-0.2, -0.15) is 5.26 Å². The van der Waals surface area contributed by atoms with Crippen molar-refractivity contribution in [3.8, 4) is 17.6 Å². The molecule has 3 rings (SSSR count). The van der Waals surface area contributed by atoms with Gasteiger partial charge in [0.05, 0.1) is 47.8 Å². The van der Waals surface area contributed by atoms with Crippen LogP contribution in [0.2, 0.25) is 5.02 Å². The Bertz CT molecular complexity index is 1240. The lowest BCUT2D eigenvalue weighted by molar-refractivity contribution is -0.150. The van der Waals surface area contributed by atoms with Crippen LogP contribution in [0, 0.1) is 17.2 Å². The molecule has 1 aliphatic rings. The Hall–Kier alpha value is -3.68. The van der Waals surface area contributed by atoms with Gasteiger partial charge in [-0.3, -0.25) is 14.4 Å². The van der Waals surface area contributed by atoms with Crippen LogP contribution in [0.15, 0.2) is 53.1 Å². The molecule has 9 nitrogen and oxygen atoms in total. The number of rotatable bonds is 10. The molecule has 1 aliphatic heterocycles. The molecule has 2 atom stereocenters. The molecule has 0 radical (unpaired) electrons. The number of methoxy groups -OCH3 is 1. The summed E-state index contributed by atoms with van der Waals surface area (Å²) in [6.45, 7) is 4.63. The van der Waals surface area contributed by atoms with Gasteiger partial charge in [-0.05, 0) is 55.8 Å². The van der Waals surface area contributed by atoms with Crippen molar-refractivity contribution in [1.29, 1.82) is 5.26 Å². The SMILES string of the molecule is CCOc1ccc(NC(=O)CSC2=C(C#N)[C@@H](c3ccc(OCC)c(Cl)c3)[C@H](C(=O)OC)C(=O)N2)cc1. The molecule has 0 unspecified atom stereocenters. The molecule has 2 aromatic carbocycles. The first kappa shape index (κ1) is 27.9. The molecule has 37 heavy (non-hydrogen) atoms. The Morgan fingerprint density at radius 3 is 2.43 bits per heavy atom. The Morgan fingerprint density at radius 2 is 1.84 bits per heavy atom. The standard InChI is InChI=1S/C26H26ClN3O6S/c1-4-35-17-9-7-16(8-10-17)29-21(31)14-37-25-18(13-28)22(23(24(32)30-25)26(33)34-3)15-6-11-20(36-5-2)19(27)12-15/h6-12,22-23H,4-5,14H2,1-3H3,(H,29,31)(H,30,32)/t22-,23+/m1/s1. The van der Waals surface area contributed by atoms with E-state index in [-0.39, 0.29) is 27.3 Å². The van der Waals surface area contributed by atoms with Crippen LogP contribution in [0.5, 0.6) is 11.5 Å². The van der Waals surface area contributed by atoms with Crippen LogP contribution < -0.4 is 20.1 Å². The fourth-order valence-electron chi connectivity index (χ4n) is 3.80. The van der Waals surface area contributed by atoms with E-state index in [4.69, 9.17) is 25.8 Å². The van der Waals surface area contributed by atoms with Gasteiger partial charge in [-0.15, -0.1) is 0 Å². The lowest BCUT2D eigenvalue weighted by Gasteiger charge is -2.31. The van der Waals surface area contributed by atoms with Crippen molar-refractivity contribution < 1.29 is 28.6 Å². The van der Waals surface area contributed by atoms with Crippen molar-refractivity contribution in [2.45, 2.75) is 19.8 Å². The number of benzene rings is 2. The number of nitriles is 1. The number of halogens is 1. The minimum atomic E-state index is -1.31. The molecule has 0 saturated carbocycles. The van der Waals surface area contributed by atoms with Crippen LogP contribution in [-0.2, 0) is 19.1 Å². The number of thioether (sulfide) groups is 1. The number of carbonyl (C=O) groups excluding carboxylic acids is 3. The van der Waals surface area contributed by atoms with Gasteiger partial charge in [-0.1, -0.05) is 29.4 Å². The van der Waals surface area contributed by atoms with Gasteiger partial charge in [-0.25, -0.2) is 0 Å². The summed E-state index contributed by atoms with van der Waals surface area (Å²) < 4.78 is 15.7. The number of allylic oxidation sites excluding steroid dienone is 1. The van der Waals surface area contributed by atoms with Crippen molar-refractivity contribution in [1.82, 2.24) is 5.32 Å². The highest BCUT2D eigenvalue weighted by atomic mass is 35.5. The molecular formula is C26H26ClN3O6S. The fourth-order valence-corrected chi connectivity index (χ4v) is 4.89. The van der Waals surface area contributed by atoms with E-state index in [0.29, 0.717) is 36.0 Å². The molecule has 0 aromatic heterocycles. The number of nitrogens with one attached hydrogen (secondary N) is 2. The smallest absolute Gasteiger partial charge is 0.319 e. The molecule has 11 heteroatoms. The zero-order valence-electron chi connectivity index (χ0n) is 20.5. The first-order valence-electron chi connectivity index (χ1n) is 11.4. The van der Waals surface area contributed by atoms with Gasteiger partial charge in [0.15, 0.2) is 0 Å². The zero-order chi connectivity index (χ0) is 26.9. The van der Waals surface area contributed by atoms with Crippen molar-refractivity contribution in [2.75, 3.05) is 31.4 Å². The van der Waals surface area contributed by atoms with Crippen molar-refractivity contribution in [2.24, 2.45) is 5.92 Å². The summed E-state index contributed by atoms with van der Waals surface area (Å²) in [6.07, 6.45) is 0. The van der Waals surface area contributed by atoms with Crippen LogP contribution in [0.25, 0.3) is 0 Å². The maximum absolute atomic E-state index is 13.0. The van der Waals surface area contributed by atoms with Crippen LogP contribution in [0.4, 0.5) is 5.69 Å². The lowest BCUT2D eigenvalue weighted by Crippen LogP contribution is -2.44. The normalized spacial score (nSPS) is 16.9. The predicted octanol–water partition coefficient (Wildman–Crippen LogP) is 4.25. The van der Waals surface area contributed by atoms with E-state index >= 15 is 0 Å². The van der Waals surface area contributed by atoms with Gasteiger partial charge < -0.3 is 24.8 Å². The number of amides is 2. The van der Waals surface area contributed by atoms with E-state index in [1.807, 2.05) is 13.8 Å². The van der Waals surface area contributed by atoms with Crippen LogP contribution in [0.1, 0.15) is 25.3 Å². The van der Waals surface area contributed by atoms with Gasteiger partial charge in [0, 0.05) is 11.6 Å². The van der Waals surface area contributed by atoms with Gasteiger partial charge in [0.25, 0.3) is 0 Å². The van der Waals surface area contributed by atoms with Crippen LogP contribution in [0.3, 0.4) is 0 Å². The van der Waals surface area contributed by atoms with Crippen LogP contribution in [-0.4, -0.2) is 43.9 Å². The maximum atomic E-state index is 13.0. The average molecular weight is 544 g/mol. The average Bonchev–Trinajstić information content (AvgIpc) is 2.89. The third-order valence-electron chi connectivity index (χ3n) is 5.40. The Morgan fingerprint density at radius 1 is 1.14 bits per heavy atom. The predicted molar refractivity (Wildman–Crippen MR) is 140 cm³/mol. The molecule has 0 fully saturated rings. The fraction of sp³-hybridized carbons (Fsp3) is 0.308. The van der Waals surface area contributed by atoms with E-state index in [1.54, 1.807) is 42.5 Å². The third kappa shape index (κ3) is 6.76. The number of hydrogen-bond acceptors (Lipinski definition) is 8. The van der Waals surface area contributed by atoms with Gasteiger partial charge in [0.1, 0.15) is 17.4 Å². The summed E-state index contributed by atoms with van der Waals surface area (Å²) in [4.78, 5) is 38.1. The second-order valence-corrected chi connectivity index (χ2v) is 9.13. The summed E-state index contributed by atoms with van der Waals surface area (Å²) in [5, 5.41) is 15.8. The highest BCUT2D eigenvalue weighted by Crippen LogP contribution is 2.42. The molecule has 1 heterocycles. The van der Waals surface area contributed by atoms with Gasteiger partial charge in [0.2, 0.25) is 11.8 Å². The first-order chi connectivity index (χ1) is 17.8. The Kier molecular flexibility index (Phi) is 9.83. The molecule has 0 aliphatic carbocycles. The molecule has 0 spiro atoms. The lowest BCUT2D eigenvalue weighted by atomic mass is 9.78. The number of anilines is 1. The molecule has 2 amide bonds. The van der Waals surface area contributed by atoms with Gasteiger partial charge >= 0.3 is 5.97 Å². The summed E-state index contributed by atoms with van der Waals surface area (Å²) in [7, 11) is 1.17. The minimum absolute atomic E-state index is 0.0896. The highest BCUT2D eigenvalue weighted by molar-refractivity contribution is 8.03. The number of carbonyl (C=O) groups is 3. The van der Waals surface area contributed by atoms with Crippen molar-refractivity contribution in [3.05, 3.63) is 63.7 Å². The molecule has 0 saturated heterocycles. The Balaban J connectivity index is 1.86. The molecule has 2 N–H and O–H groups in total. The largest absolute Gasteiger partial charge is 0.494 e. The highest BCUT2D eigenvalue weighted by Gasteiger charge is 2.44. The summed E-state index contributed by atoms with van der Waals surface area (Å²) in [5.74, 6) is -3.02. The number of hydrogen-bond donors (Lipinski definition) is 2. The second kappa shape index (κ2) is 13.0. The summed E-state index contributed by atoms with van der Waals surface area (Å²) in [6, 6.07) is 13.8. The minimum Gasteiger partial charge on any atom is -0.494 e. The first-order valence-corrected chi connectivity index (χ1v) is 12.8. The molecular weight excluding hydrogens is 518 g/mol. The zero-order valence-corrected chi connectivity index (χ0v) is 22.1. The number of nitrogens with zero attached hydrogens (tertiary/aromatic N) is 1. The van der Waals surface area contributed by atoms with Crippen LogP contribution >= 0.6 is 23.4 Å². The summed E-state index contributed by atoms with van der Waals surface area (Å²) >= 11 is 7.34. The third-order valence-corrected chi connectivity index (χ3v) is 6.71. The van der Waals surface area contributed by atoms with E-state index in [1.165, 1.54) is 7.11 Å². The van der Waals surface area contributed by atoms with E-state index in [0.717, 1.165) is 11.8 Å². The number of ether oxygens (including phenoxy) is 3. The quantitative estimate of drug-likeness (QED) is 0.336. The van der Waals surface area contributed by atoms with E-state index in [9.17, 15) is 19.6 Å². The molecule has 0 bridgehead atoms. The van der Waals surface area contributed by atoms with E-state index < -0.39 is 23.7 Å². The monoisotopic (exact) mass is 543 g/mol. The second-order valence-electron chi connectivity index (χ2n) is 7.74. The topological polar surface area (TPSA) is 127 Å². The van der Waals surface area contributed by atoms with Crippen molar-refractivity contribution in [3.63, 3.8) is 0 Å². The van der Waals surface area contributed by atoms with E-state index in [2.05, 4.69) is 16.7 Å². The van der Waals surface area contributed by atoms with Crippen molar-refractivity contribution >= 4 is 46.8 Å². The maximum Gasteiger partial charge on any atom is 0.319 e. The molecule has 194 valence electrons. The molecule has 2 aromatic rings. The summed E-state index contributed by atoms with van der Waals surface area (Å²) in [5.41, 5.74) is 1.16. The Labute approximate surface area is 224 Å².